The fourth-order valence-electron chi connectivity index (χ4n) is 3.76. The molecule has 2 heterocycles. The maximum atomic E-state index is 5.46. The zero-order chi connectivity index (χ0) is 14.8. The predicted molar refractivity (Wildman–Crippen MR) is 85.6 cm³/mol. The molecule has 2 aliphatic heterocycles. The standard InChI is InChI=1S/C17H26N2O2/c1-4-13-11-18-9-5-6-15(18)12-19(13)14-7-8-16(20-2)17(10-14)21-3/h7-8,10,13,15H,4-6,9,11-12H2,1-3H3. The van der Waals surface area contributed by atoms with Crippen molar-refractivity contribution in [3.8, 4) is 11.5 Å². The zero-order valence-corrected chi connectivity index (χ0v) is 13.3. The van der Waals surface area contributed by atoms with Gasteiger partial charge in [0.05, 0.1) is 14.2 Å². The van der Waals surface area contributed by atoms with E-state index >= 15 is 0 Å². The van der Waals surface area contributed by atoms with Gasteiger partial charge < -0.3 is 14.4 Å². The largest absolute Gasteiger partial charge is 0.493 e. The van der Waals surface area contributed by atoms with E-state index in [0.29, 0.717) is 6.04 Å². The Kier molecular flexibility index (Phi) is 4.24. The minimum atomic E-state index is 0.595. The van der Waals surface area contributed by atoms with Gasteiger partial charge in [0.15, 0.2) is 11.5 Å². The molecule has 2 atom stereocenters. The first-order valence-corrected chi connectivity index (χ1v) is 7.99. The third-order valence-electron chi connectivity index (χ3n) is 4.96. The van der Waals surface area contributed by atoms with Crippen LogP contribution in [-0.4, -0.2) is 50.8 Å². The maximum Gasteiger partial charge on any atom is 0.162 e. The van der Waals surface area contributed by atoms with Crippen LogP contribution in [0.25, 0.3) is 0 Å². The van der Waals surface area contributed by atoms with E-state index in [9.17, 15) is 0 Å². The van der Waals surface area contributed by atoms with Gasteiger partial charge in [0.2, 0.25) is 0 Å². The average molecular weight is 290 g/mol. The van der Waals surface area contributed by atoms with Crippen molar-refractivity contribution in [3.05, 3.63) is 18.2 Å². The molecule has 116 valence electrons. The molecule has 0 aromatic heterocycles. The second-order valence-corrected chi connectivity index (χ2v) is 6.04. The lowest BCUT2D eigenvalue weighted by molar-refractivity contribution is 0.194. The van der Waals surface area contributed by atoms with Gasteiger partial charge in [-0.1, -0.05) is 6.92 Å². The first-order valence-electron chi connectivity index (χ1n) is 7.99. The van der Waals surface area contributed by atoms with Gasteiger partial charge in [0.25, 0.3) is 0 Å². The molecule has 0 bridgehead atoms. The second kappa shape index (κ2) is 6.14. The summed E-state index contributed by atoms with van der Waals surface area (Å²) in [4.78, 5) is 5.24. The Balaban J connectivity index is 1.86. The highest BCUT2D eigenvalue weighted by molar-refractivity contribution is 5.57. The summed E-state index contributed by atoms with van der Waals surface area (Å²) in [7, 11) is 3.39. The fourth-order valence-corrected chi connectivity index (χ4v) is 3.76. The average Bonchev–Trinajstić information content (AvgIpc) is 3.00. The number of piperazine rings is 1. The number of nitrogens with zero attached hydrogens (tertiary/aromatic N) is 2. The molecule has 2 unspecified atom stereocenters. The number of hydrogen-bond acceptors (Lipinski definition) is 4. The minimum Gasteiger partial charge on any atom is -0.493 e. The first kappa shape index (κ1) is 14.5. The Hall–Kier alpha value is -1.42. The summed E-state index contributed by atoms with van der Waals surface area (Å²) < 4.78 is 10.8. The van der Waals surface area contributed by atoms with Crippen LogP contribution in [0, 0.1) is 0 Å². The Bertz CT molecular complexity index is 492. The van der Waals surface area contributed by atoms with Crippen LogP contribution in [0.2, 0.25) is 0 Å². The van der Waals surface area contributed by atoms with Gasteiger partial charge >= 0.3 is 0 Å². The summed E-state index contributed by atoms with van der Waals surface area (Å²) >= 11 is 0. The van der Waals surface area contributed by atoms with Crippen molar-refractivity contribution in [1.29, 1.82) is 0 Å². The van der Waals surface area contributed by atoms with Crippen LogP contribution in [0.5, 0.6) is 11.5 Å². The van der Waals surface area contributed by atoms with Crippen molar-refractivity contribution in [3.63, 3.8) is 0 Å². The van der Waals surface area contributed by atoms with Gasteiger partial charge in [0.1, 0.15) is 0 Å². The Morgan fingerprint density at radius 1 is 1.14 bits per heavy atom. The molecule has 0 radical (unpaired) electrons. The maximum absolute atomic E-state index is 5.46. The Morgan fingerprint density at radius 2 is 1.95 bits per heavy atom. The molecule has 3 rings (SSSR count). The summed E-state index contributed by atoms with van der Waals surface area (Å²) in [5.74, 6) is 1.62. The second-order valence-electron chi connectivity index (χ2n) is 6.04. The summed E-state index contributed by atoms with van der Waals surface area (Å²) in [6, 6.07) is 7.61. The molecular formula is C17H26N2O2. The van der Waals surface area contributed by atoms with Crippen LogP contribution >= 0.6 is 0 Å². The van der Waals surface area contributed by atoms with Crippen LogP contribution in [0.15, 0.2) is 18.2 Å². The van der Waals surface area contributed by atoms with Crippen molar-refractivity contribution in [2.45, 2.75) is 38.3 Å². The van der Waals surface area contributed by atoms with Gasteiger partial charge in [0, 0.05) is 36.9 Å². The van der Waals surface area contributed by atoms with E-state index in [4.69, 9.17) is 9.47 Å². The molecule has 0 spiro atoms. The molecule has 21 heavy (non-hydrogen) atoms. The molecule has 0 amide bonds. The number of fused-ring (bicyclic) bond motifs is 1. The normalized spacial score (nSPS) is 25.8. The van der Waals surface area contributed by atoms with Crippen LogP contribution in [0.3, 0.4) is 0 Å². The highest BCUT2D eigenvalue weighted by Crippen LogP contribution is 2.35. The molecule has 2 saturated heterocycles. The number of benzene rings is 1. The predicted octanol–water partition coefficient (Wildman–Crippen LogP) is 2.77. The van der Waals surface area contributed by atoms with E-state index < -0.39 is 0 Å². The van der Waals surface area contributed by atoms with E-state index in [1.807, 2.05) is 6.07 Å². The lowest BCUT2D eigenvalue weighted by Crippen LogP contribution is -2.56. The van der Waals surface area contributed by atoms with Crippen LogP contribution in [-0.2, 0) is 0 Å². The number of anilines is 1. The van der Waals surface area contributed by atoms with E-state index in [0.717, 1.165) is 24.1 Å². The highest BCUT2D eigenvalue weighted by atomic mass is 16.5. The van der Waals surface area contributed by atoms with Gasteiger partial charge in [-0.25, -0.2) is 0 Å². The molecule has 1 aromatic carbocycles. The molecule has 4 heteroatoms. The lowest BCUT2D eigenvalue weighted by atomic mass is 10.0. The molecule has 0 N–H and O–H groups in total. The van der Waals surface area contributed by atoms with Gasteiger partial charge in [-0.3, -0.25) is 4.90 Å². The summed E-state index contributed by atoms with van der Waals surface area (Å²) in [6.07, 6.45) is 3.86. The highest BCUT2D eigenvalue weighted by Gasteiger charge is 2.35. The summed E-state index contributed by atoms with van der Waals surface area (Å²) in [6.45, 7) is 5.89. The van der Waals surface area contributed by atoms with E-state index in [-0.39, 0.29) is 0 Å². The van der Waals surface area contributed by atoms with Crippen molar-refractivity contribution in [2.75, 3.05) is 38.8 Å². The molecular weight excluding hydrogens is 264 g/mol. The molecule has 1 aromatic rings. The molecule has 2 aliphatic rings. The minimum absolute atomic E-state index is 0.595. The van der Waals surface area contributed by atoms with Gasteiger partial charge in [-0.15, -0.1) is 0 Å². The Labute approximate surface area is 127 Å². The van der Waals surface area contributed by atoms with Crippen molar-refractivity contribution < 1.29 is 9.47 Å². The first-order chi connectivity index (χ1) is 10.3. The summed E-state index contributed by atoms with van der Waals surface area (Å²) in [5, 5.41) is 0. The van der Waals surface area contributed by atoms with Gasteiger partial charge in [-0.05, 0) is 37.9 Å². The molecule has 2 fully saturated rings. The fraction of sp³-hybridized carbons (Fsp3) is 0.647. The number of rotatable bonds is 4. The number of ether oxygens (including phenoxy) is 2. The Morgan fingerprint density at radius 3 is 2.67 bits per heavy atom. The third kappa shape index (κ3) is 2.69. The monoisotopic (exact) mass is 290 g/mol. The van der Waals surface area contributed by atoms with Crippen LogP contribution < -0.4 is 14.4 Å². The molecule has 0 aliphatic carbocycles. The lowest BCUT2D eigenvalue weighted by Gasteiger charge is -2.45. The van der Waals surface area contributed by atoms with Crippen molar-refractivity contribution >= 4 is 5.69 Å². The van der Waals surface area contributed by atoms with Crippen LogP contribution in [0.1, 0.15) is 26.2 Å². The molecule has 0 saturated carbocycles. The SMILES string of the molecule is CCC1CN2CCCC2CN1c1ccc(OC)c(OC)c1. The zero-order valence-electron chi connectivity index (χ0n) is 13.3. The number of hydrogen-bond donors (Lipinski definition) is 0. The third-order valence-corrected chi connectivity index (χ3v) is 4.96. The van der Waals surface area contributed by atoms with Crippen molar-refractivity contribution in [2.24, 2.45) is 0 Å². The van der Waals surface area contributed by atoms with Gasteiger partial charge in [-0.2, -0.15) is 0 Å². The quantitative estimate of drug-likeness (QED) is 0.851. The van der Waals surface area contributed by atoms with E-state index in [1.165, 1.54) is 38.0 Å². The van der Waals surface area contributed by atoms with E-state index in [1.54, 1.807) is 14.2 Å². The van der Waals surface area contributed by atoms with Crippen molar-refractivity contribution in [1.82, 2.24) is 4.90 Å². The van der Waals surface area contributed by atoms with Crippen LogP contribution in [0.4, 0.5) is 5.69 Å². The molecule has 4 nitrogen and oxygen atoms in total. The van der Waals surface area contributed by atoms with E-state index in [2.05, 4.69) is 28.9 Å². The summed E-state index contributed by atoms with van der Waals surface area (Å²) in [5.41, 5.74) is 1.26. The smallest absolute Gasteiger partial charge is 0.162 e. The topological polar surface area (TPSA) is 24.9 Å². The number of methoxy groups -OCH3 is 2.